The smallest absolute Gasteiger partial charge is 0.257 e. The first kappa shape index (κ1) is 12.7. The summed E-state index contributed by atoms with van der Waals surface area (Å²) in [5.41, 5.74) is 4.56. The highest BCUT2D eigenvalue weighted by Crippen LogP contribution is 2.35. The van der Waals surface area contributed by atoms with E-state index >= 15 is 0 Å². The molecule has 102 valence electrons. The maximum Gasteiger partial charge on any atom is 0.257 e. The van der Waals surface area contributed by atoms with Crippen LogP contribution in [-0.4, -0.2) is 18.1 Å². The van der Waals surface area contributed by atoms with Crippen molar-refractivity contribution in [2.75, 3.05) is 17.3 Å². The van der Waals surface area contributed by atoms with Crippen LogP contribution in [0.15, 0.2) is 42.5 Å². The molecule has 2 aromatic carbocycles. The van der Waals surface area contributed by atoms with Gasteiger partial charge in [0, 0.05) is 29.7 Å². The van der Waals surface area contributed by atoms with Crippen LogP contribution in [0.4, 0.5) is 17.1 Å². The molecule has 4 heteroatoms. The second kappa shape index (κ2) is 4.65. The van der Waals surface area contributed by atoms with Crippen LogP contribution in [0.1, 0.15) is 17.2 Å². The fourth-order valence-corrected chi connectivity index (χ4v) is 2.36. The number of hydrogen-bond acceptors (Lipinski definition) is 3. The van der Waals surface area contributed by atoms with E-state index in [1.807, 2.05) is 24.1 Å². The van der Waals surface area contributed by atoms with Crippen molar-refractivity contribution in [3.8, 4) is 0 Å². The minimum absolute atomic E-state index is 0.366. The lowest BCUT2D eigenvalue weighted by molar-refractivity contribution is -0.123. The SMILES string of the molecule is Cc1ccc(N(C)c2ccc3c(c2)NC(=O)C3O)cc1. The van der Waals surface area contributed by atoms with Crippen LogP contribution in [-0.2, 0) is 4.79 Å². The van der Waals surface area contributed by atoms with Crippen LogP contribution in [0, 0.1) is 6.92 Å². The lowest BCUT2D eigenvalue weighted by atomic mass is 10.1. The van der Waals surface area contributed by atoms with Gasteiger partial charge in [0.1, 0.15) is 0 Å². The number of amides is 1. The summed E-state index contributed by atoms with van der Waals surface area (Å²) >= 11 is 0. The van der Waals surface area contributed by atoms with E-state index in [0.29, 0.717) is 11.3 Å². The van der Waals surface area contributed by atoms with Gasteiger partial charge < -0.3 is 15.3 Å². The fraction of sp³-hybridized carbons (Fsp3) is 0.188. The van der Waals surface area contributed by atoms with Gasteiger partial charge in [0.15, 0.2) is 6.10 Å². The van der Waals surface area contributed by atoms with Crippen molar-refractivity contribution in [3.05, 3.63) is 53.6 Å². The molecular formula is C16H16N2O2. The Bertz CT molecular complexity index is 665. The van der Waals surface area contributed by atoms with Crippen molar-refractivity contribution < 1.29 is 9.90 Å². The maximum absolute atomic E-state index is 11.4. The molecule has 0 radical (unpaired) electrons. The number of nitrogens with one attached hydrogen (secondary N) is 1. The summed E-state index contributed by atoms with van der Waals surface area (Å²) in [4.78, 5) is 13.5. The Hall–Kier alpha value is -2.33. The second-order valence-electron chi connectivity index (χ2n) is 5.06. The zero-order valence-electron chi connectivity index (χ0n) is 11.4. The number of hydrogen-bond donors (Lipinski definition) is 2. The number of fused-ring (bicyclic) bond motifs is 1. The minimum Gasteiger partial charge on any atom is -0.378 e. The number of benzene rings is 2. The number of carbonyl (C=O) groups excluding carboxylic acids is 1. The van der Waals surface area contributed by atoms with Gasteiger partial charge in [-0.1, -0.05) is 23.8 Å². The number of aryl methyl sites for hydroxylation is 1. The van der Waals surface area contributed by atoms with Gasteiger partial charge in [0.05, 0.1) is 0 Å². The number of aliphatic hydroxyl groups excluding tert-OH is 1. The predicted molar refractivity (Wildman–Crippen MR) is 79.3 cm³/mol. The molecule has 1 heterocycles. The van der Waals surface area contributed by atoms with E-state index in [4.69, 9.17) is 0 Å². The molecule has 0 fully saturated rings. The molecule has 0 saturated heterocycles. The second-order valence-corrected chi connectivity index (χ2v) is 5.06. The molecule has 1 aliphatic heterocycles. The highest BCUT2D eigenvalue weighted by molar-refractivity contribution is 6.02. The van der Waals surface area contributed by atoms with Crippen molar-refractivity contribution in [2.45, 2.75) is 13.0 Å². The van der Waals surface area contributed by atoms with Crippen molar-refractivity contribution in [1.82, 2.24) is 0 Å². The first-order valence-corrected chi connectivity index (χ1v) is 6.49. The Morgan fingerprint density at radius 2 is 1.75 bits per heavy atom. The van der Waals surface area contributed by atoms with E-state index in [-0.39, 0.29) is 5.91 Å². The van der Waals surface area contributed by atoms with Gasteiger partial charge in [-0.3, -0.25) is 4.79 Å². The van der Waals surface area contributed by atoms with Gasteiger partial charge in [-0.25, -0.2) is 0 Å². The molecule has 1 amide bonds. The fourth-order valence-electron chi connectivity index (χ4n) is 2.36. The highest BCUT2D eigenvalue weighted by atomic mass is 16.3. The largest absolute Gasteiger partial charge is 0.378 e. The quantitative estimate of drug-likeness (QED) is 0.880. The molecule has 0 bridgehead atoms. The standard InChI is InChI=1S/C16H16N2O2/c1-10-3-5-11(6-4-10)18(2)12-7-8-13-14(9-12)17-16(20)15(13)19/h3-9,15,19H,1-2H3,(H,17,20). The molecule has 0 spiro atoms. The third-order valence-electron chi connectivity index (χ3n) is 3.65. The molecular weight excluding hydrogens is 252 g/mol. The molecule has 4 nitrogen and oxygen atoms in total. The summed E-state index contributed by atoms with van der Waals surface area (Å²) in [6.07, 6.45) is -1.05. The normalized spacial score (nSPS) is 16.8. The van der Waals surface area contributed by atoms with E-state index in [1.54, 1.807) is 6.07 Å². The topological polar surface area (TPSA) is 52.6 Å². The average molecular weight is 268 g/mol. The zero-order valence-corrected chi connectivity index (χ0v) is 11.4. The Morgan fingerprint density at radius 3 is 2.45 bits per heavy atom. The van der Waals surface area contributed by atoms with E-state index in [2.05, 4.69) is 36.5 Å². The summed E-state index contributed by atoms with van der Waals surface area (Å²) in [5, 5.41) is 12.4. The molecule has 0 saturated carbocycles. The molecule has 20 heavy (non-hydrogen) atoms. The molecule has 1 unspecified atom stereocenters. The molecule has 2 N–H and O–H groups in total. The Kier molecular flexibility index (Phi) is 2.95. The average Bonchev–Trinajstić information content (AvgIpc) is 2.74. The minimum atomic E-state index is -1.05. The maximum atomic E-state index is 11.4. The van der Waals surface area contributed by atoms with E-state index in [9.17, 15) is 9.90 Å². The molecule has 2 aromatic rings. The number of anilines is 3. The predicted octanol–water partition coefficient (Wildman–Crippen LogP) is 2.75. The molecule has 0 aromatic heterocycles. The lowest BCUT2D eigenvalue weighted by Gasteiger charge is -2.20. The van der Waals surface area contributed by atoms with Gasteiger partial charge in [0.2, 0.25) is 0 Å². The summed E-state index contributed by atoms with van der Waals surface area (Å²) < 4.78 is 0. The van der Waals surface area contributed by atoms with Gasteiger partial charge in [-0.05, 0) is 31.2 Å². The number of nitrogens with zero attached hydrogens (tertiary/aromatic N) is 1. The Labute approximate surface area is 117 Å². The molecule has 3 rings (SSSR count). The van der Waals surface area contributed by atoms with E-state index < -0.39 is 6.10 Å². The van der Waals surface area contributed by atoms with Crippen molar-refractivity contribution in [1.29, 1.82) is 0 Å². The van der Waals surface area contributed by atoms with Crippen LogP contribution >= 0.6 is 0 Å². The van der Waals surface area contributed by atoms with Crippen LogP contribution in [0.2, 0.25) is 0 Å². The summed E-state index contributed by atoms with van der Waals surface area (Å²) in [7, 11) is 1.97. The van der Waals surface area contributed by atoms with Crippen molar-refractivity contribution in [3.63, 3.8) is 0 Å². The Morgan fingerprint density at radius 1 is 1.10 bits per heavy atom. The third kappa shape index (κ3) is 2.04. The summed E-state index contributed by atoms with van der Waals surface area (Å²) in [5.74, 6) is -0.366. The van der Waals surface area contributed by atoms with E-state index in [1.165, 1.54) is 5.56 Å². The molecule has 0 aliphatic carbocycles. The number of carbonyl (C=O) groups is 1. The van der Waals surface area contributed by atoms with Crippen LogP contribution in [0.3, 0.4) is 0 Å². The van der Waals surface area contributed by atoms with Crippen LogP contribution in [0.25, 0.3) is 0 Å². The van der Waals surface area contributed by atoms with E-state index in [0.717, 1.165) is 11.4 Å². The first-order chi connectivity index (χ1) is 9.56. The van der Waals surface area contributed by atoms with Gasteiger partial charge >= 0.3 is 0 Å². The lowest BCUT2D eigenvalue weighted by Crippen LogP contribution is -2.10. The Balaban J connectivity index is 1.94. The first-order valence-electron chi connectivity index (χ1n) is 6.49. The molecule has 1 aliphatic rings. The van der Waals surface area contributed by atoms with Crippen LogP contribution in [0.5, 0.6) is 0 Å². The summed E-state index contributed by atoms with van der Waals surface area (Å²) in [6, 6.07) is 13.8. The zero-order chi connectivity index (χ0) is 14.3. The third-order valence-corrected chi connectivity index (χ3v) is 3.65. The van der Waals surface area contributed by atoms with Crippen LogP contribution < -0.4 is 10.2 Å². The molecule has 1 atom stereocenters. The number of aliphatic hydroxyl groups is 1. The van der Waals surface area contributed by atoms with Crippen molar-refractivity contribution >= 4 is 23.0 Å². The van der Waals surface area contributed by atoms with Gasteiger partial charge in [0.25, 0.3) is 5.91 Å². The van der Waals surface area contributed by atoms with Gasteiger partial charge in [-0.15, -0.1) is 0 Å². The van der Waals surface area contributed by atoms with Crippen molar-refractivity contribution in [2.24, 2.45) is 0 Å². The highest BCUT2D eigenvalue weighted by Gasteiger charge is 2.28. The van der Waals surface area contributed by atoms with Gasteiger partial charge in [-0.2, -0.15) is 0 Å². The summed E-state index contributed by atoms with van der Waals surface area (Å²) in [6.45, 7) is 2.05. The monoisotopic (exact) mass is 268 g/mol. The number of rotatable bonds is 2.